The number of amides is 1. The topological polar surface area (TPSA) is 90.7 Å². The molecule has 0 spiro atoms. The molecule has 7 nitrogen and oxygen atoms in total. The number of carbonyl (C=O) groups is 1. The maximum Gasteiger partial charge on any atom is 0.243 e. The fourth-order valence-corrected chi connectivity index (χ4v) is 4.67. The molecule has 0 aromatic heterocycles. The Morgan fingerprint density at radius 1 is 1.35 bits per heavy atom. The van der Waals surface area contributed by atoms with Gasteiger partial charge in [0.2, 0.25) is 15.9 Å². The summed E-state index contributed by atoms with van der Waals surface area (Å²) >= 11 is 0. The molecule has 1 aromatic rings. The largest absolute Gasteiger partial charge is 0.375 e. The van der Waals surface area contributed by atoms with Gasteiger partial charge in [0.25, 0.3) is 0 Å². The molecule has 0 N–H and O–H groups in total. The highest BCUT2D eigenvalue weighted by Gasteiger charge is 2.40. The quantitative estimate of drug-likeness (QED) is 0.746. The number of sulfonamides is 1. The number of morpholine rings is 1. The summed E-state index contributed by atoms with van der Waals surface area (Å²) in [6.07, 6.45) is 2.37. The average molecular weight is 377 g/mol. The first kappa shape index (κ1) is 18.8. The fourth-order valence-electron chi connectivity index (χ4n) is 3.04. The Morgan fingerprint density at radius 3 is 2.62 bits per heavy atom. The van der Waals surface area contributed by atoms with Crippen LogP contribution >= 0.6 is 0 Å². The summed E-state index contributed by atoms with van der Waals surface area (Å²) in [5.74, 6) is -0.184. The lowest BCUT2D eigenvalue weighted by Crippen LogP contribution is -2.50. The Hall–Kier alpha value is -1.95. The van der Waals surface area contributed by atoms with Gasteiger partial charge in [0, 0.05) is 19.1 Å². The van der Waals surface area contributed by atoms with Gasteiger partial charge < -0.3 is 9.64 Å². The van der Waals surface area contributed by atoms with Gasteiger partial charge in [-0.3, -0.25) is 4.79 Å². The zero-order valence-electron chi connectivity index (χ0n) is 14.8. The molecule has 1 saturated carbocycles. The maximum absolute atomic E-state index is 13.0. The van der Waals surface area contributed by atoms with Gasteiger partial charge in [-0.25, -0.2) is 8.42 Å². The van der Waals surface area contributed by atoms with E-state index in [4.69, 9.17) is 10.00 Å². The third-order valence-electron chi connectivity index (χ3n) is 4.78. The van der Waals surface area contributed by atoms with E-state index in [0.717, 1.165) is 19.3 Å². The third-order valence-corrected chi connectivity index (χ3v) is 6.69. The molecule has 2 fully saturated rings. The maximum atomic E-state index is 13.0. The van der Waals surface area contributed by atoms with Crippen molar-refractivity contribution in [3.05, 3.63) is 29.8 Å². The van der Waals surface area contributed by atoms with Crippen LogP contribution in [0.5, 0.6) is 0 Å². The van der Waals surface area contributed by atoms with E-state index in [0.29, 0.717) is 25.3 Å². The fraction of sp³-hybridized carbons (Fsp3) is 0.556. The monoisotopic (exact) mass is 377 g/mol. The summed E-state index contributed by atoms with van der Waals surface area (Å²) in [6.45, 7) is 3.33. The number of benzene rings is 1. The standard InChI is InChI=1S/C18H23N3O4S/c1-2-16-12-20(9-10-25-16)18(22)13-21(15-5-6-15)26(23,24)17-7-3-14(11-19)4-8-17/h3-4,7-8,15-16H,2,5-6,9-10,12-13H2,1H3. The lowest BCUT2D eigenvalue weighted by molar-refractivity contribution is -0.139. The number of nitriles is 1. The summed E-state index contributed by atoms with van der Waals surface area (Å²) in [5, 5.41) is 8.87. The van der Waals surface area contributed by atoms with Crippen molar-refractivity contribution in [2.45, 2.75) is 43.2 Å². The number of carbonyl (C=O) groups excluding carboxylic acids is 1. The molecule has 1 atom stereocenters. The smallest absolute Gasteiger partial charge is 0.243 e. The Balaban J connectivity index is 1.76. The Kier molecular flexibility index (Phi) is 5.61. The molecule has 26 heavy (non-hydrogen) atoms. The first-order valence-corrected chi connectivity index (χ1v) is 10.3. The molecule has 1 aliphatic heterocycles. The van der Waals surface area contributed by atoms with Crippen LogP contribution in [-0.2, 0) is 19.6 Å². The zero-order valence-corrected chi connectivity index (χ0v) is 15.6. The molecule has 8 heteroatoms. The van der Waals surface area contributed by atoms with Crippen molar-refractivity contribution in [3.8, 4) is 6.07 Å². The van der Waals surface area contributed by atoms with Gasteiger partial charge >= 0.3 is 0 Å². The predicted octanol–water partition coefficient (Wildman–Crippen LogP) is 1.35. The Labute approximate surface area is 154 Å². The van der Waals surface area contributed by atoms with Crippen LogP contribution in [0.4, 0.5) is 0 Å². The third kappa shape index (κ3) is 4.06. The molecule has 1 aliphatic carbocycles. The molecular weight excluding hydrogens is 354 g/mol. The summed E-state index contributed by atoms with van der Waals surface area (Å²) in [6, 6.07) is 7.66. The van der Waals surface area contributed by atoms with Gasteiger partial charge in [-0.15, -0.1) is 0 Å². The van der Waals surface area contributed by atoms with Crippen molar-refractivity contribution in [3.63, 3.8) is 0 Å². The van der Waals surface area contributed by atoms with E-state index in [1.165, 1.54) is 28.6 Å². The van der Waals surface area contributed by atoms with Gasteiger partial charge in [-0.2, -0.15) is 9.57 Å². The van der Waals surface area contributed by atoms with E-state index in [1.807, 2.05) is 13.0 Å². The van der Waals surface area contributed by atoms with Gasteiger partial charge in [0.05, 0.1) is 35.8 Å². The molecule has 1 unspecified atom stereocenters. The van der Waals surface area contributed by atoms with Gasteiger partial charge in [-0.1, -0.05) is 6.92 Å². The first-order chi connectivity index (χ1) is 12.5. The van der Waals surface area contributed by atoms with Crippen molar-refractivity contribution in [1.29, 1.82) is 5.26 Å². The molecule has 2 aliphatic rings. The number of rotatable bonds is 6. The highest BCUT2D eigenvalue weighted by atomic mass is 32.2. The average Bonchev–Trinajstić information content (AvgIpc) is 3.50. The summed E-state index contributed by atoms with van der Waals surface area (Å²) in [4.78, 5) is 14.5. The number of nitrogens with zero attached hydrogens (tertiary/aromatic N) is 3. The zero-order chi connectivity index (χ0) is 18.7. The molecule has 140 valence electrons. The molecule has 1 saturated heterocycles. The Bertz CT molecular complexity index is 797. The minimum absolute atomic E-state index is 0.0113. The summed E-state index contributed by atoms with van der Waals surface area (Å²) < 4.78 is 32.9. The van der Waals surface area contributed by atoms with Crippen LogP contribution in [0.1, 0.15) is 31.7 Å². The van der Waals surface area contributed by atoms with Gasteiger partial charge in [0.15, 0.2) is 0 Å². The number of hydrogen-bond acceptors (Lipinski definition) is 5. The normalized spacial score (nSPS) is 20.8. The molecule has 0 bridgehead atoms. The molecular formula is C18H23N3O4S. The molecule has 1 amide bonds. The molecule has 1 heterocycles. The highest BCUT2D eigenvalue weighted by Crippen LogP contribution is 2.32. The van der Waals surface area contributed by atoms with Crippen molar-refractivity contribution in [1.82, 2.24) is 9.21 Å². The van der Waals surface area contributed by atoms with Crippen LogP contribution < -0.4 is 0 Å². The predicted molar refractivity (Wildman–Crippen MR) is 94.7 cm³/mol. The second-order valence-electron chi connectivity index (χ2n) is 6.66. The highest BCUT2D eigenvalue weighted by molar-refractivity contribution is 7.89. The lowest BCUT2D eigenvalue weighted by atomic mass is 10.2. The summed E-state index contributed by atoms with van der Waals surface area (Å²) in [5.41, 5.74) is 0.400. The second-order valence-corrected chi connectivity index (χ2v) is 8.55. The van der Waals surface area contributed by atoms with Crippen LogP contribution in [-0.4, -0.2) is 61.9 Å². The molecule has 0 radical (unpaired) electrons. The molecule has 1 aromatic carbocycles. The van der Waals surface area contributed by atoms with Crippen LogP contribution in [0.2, 0.25) is 0 Å². The van der Waals surface area contributed by atoms with Crippen LogP contribution in [0.3, 0.4) is 0 Å². The first-order valence-electron chi connectivity index (χ1n) is 8.87. The van der Waals surface area contributed by atoms with Crippen molar-refractivity contribution in [2.75, 3.05) is 26.2 Å². The van der Waals surface area contributed by atoms with Crippen molar-refractivity contribution >= 4 is 15.9 Å². The van der Waals surface area contributed by atoms with E-state index in [9.17, 15) is 13.2 Å². The minimum atomic E-state index is -3.77. The van der Waals surface area contributed by atoms with Gasteiger partial charge in [-0.05, 0) is 43.5 Å². The number of ether oxygens (including phenoxy) is 1. The lowest BCUT2D eigenvalue weighted by Gasteiger charge is -2.34. The van der Waals surface area contributed by atoms with E-state index >= 15 is 0 Å². The van der Waals surface area contributed by atoms with Crippen LogP contribution in [0.25, 0.3) is 0 Å². The van der Waals surface area contributed by atoms with Gasteiger partial charge in [0.1, 0.15) is 0 Å². The van der Waals surface area contributed by atoms with E-state index in [1.54, 1.807) is 4.90 Å². The van der Waals surface area contributed by atoms with Crippen molar-refractivity contribution in [2.24, 2.45) is 0 Å². The second kappa shape index (κ2) is 7.74. The number of hydrogen-bond donors (Lipinski definition) is 0. The van der Waals surface area contributed by atoms with E-state index in [2.05, 4.69) is 0 Å². The van der Waals surface area contributed by atoms with E-state index < -0.39 is 10.0 Å². The minimum Gasteiger partial charge on any atom is -0.375 e. The summed E-state index contributed by atoms with van der Waals surface area (Å²) in [7, 11) is -3.77. The SMILES string of the molecule is CCC1CN(C(=O)CN(C2CC2)S(=O)(=O)c2ccc(C#N)cc2)CCO1. The Morgan fingerprint density at radius 2 is 2.04 bits per heavy atom. The van der Waals surface area contributed by atoms with E-state index in [-0.39, 0.29) is 29.5 Å². The van der Waals surface area contributed by atoms with Crippen LogP contribution in [0, 0.1) is 11.3 Å². The van der Waals surface area contributed by atoms with Crippen molar-refractivity contribution < 1.29 is 17.9 Å². The van der Waals surface area contributed by atoms with Crippen LogP contribution in [0.15, 0.2) is 29.2 Å². The molecule has 3 rings (SSSR count).